The van der Waals surface area contributed by atoms with Crippen LogP contribution >= 0.6 is 0 Å². The fraction of sp³-hybridized carbons (Fsp3) is 0.533. The molecule has 0 saturated carbocycles. The van der Waals surface area contributed by atoms with Crippen LogP contribution in [-0.4, -0.2) is 37.0 Å². The van der Waals surface area contributed by atoms with Crippen LogP contribution in [0.15, 0.2) is 24.3 Å². The van der Waals surface area contributed by atoms with Crippen molar-refractivity contribution < 1.29 is 9.18 Å². The van der Waals surface area contributed by atoms with Gasteiger partial charge in [-0.25, -0.2) is 4.39 Å². The van der Waals surface area contributed by atoms with Crippen molar-refractivity contribution in [3.63, 3.8) is 0 Å². The van der Waals surface area contributed by atoms with Crippen LogP contribution in [0, 0.1) is 5.82 Å². The molecule has 4 heteroatoms. The van der Waals surface area contributed by atoms with Crippen LogP contribution in [-0.2, 0) is 4.79 Å². The number of amides is 1. The summed E-state index contributed by atoms with van der Waals surface area (Å²) in [5, 5.41) is 2.65. The number of rotatable bonds is 4. The van der Waals surface area contributed by atoms with Gasteiger partial charge in [-0.15, -0.1) is 0 Å². The summed E-state index contributed by atoms with van der Waals surface area (Å²) in [5.74, 6) is 0.337. The van der Waals surface area contributed by atoms with Gasteiger partial charge in [-0.2, -0.15) is 0 Å². The van der Waals surface area contributed by atoms with E-state index in [4.69, 9.17) is 0 Å². The topological polar surface area (TPSA) is 32.3 Å². The van der Waals surface area contributed by atoms with E-state index in [0.29, 0.717) is 18.4 Å². The van der Waals surface area contributed by atoms with E-state index < -0.39 is 0 Å². The predicted octanol–water partition coefficient (Wildman–Crippen LogP) is 2.14. The molecule has 1 aliphatic rings. The Labute approximate surface area is 113 Å². The molecule has 2 unspecified atom stereocenters. The lowest BCUT2D eigenvalue weighted by Gasteiger charge is -2.20. The summed E-state index contributed by atoms with van der Waals surface area (Å²) in [6, 6.07) is 7.25. The lowest BCUT2D eigenvalue weighted by Crippen LogP contribution is -2.31. The summed E-state index contributed by atoms with van der Waals surface area (Å²) in [5.41, 5.74) is 1.19. The van der Waals surface area contributed by atoms with Crippen LogP contribution in [0.5, 0.6) is 0 Å². The zero-order valence-electron chi connectivity index (χ0n) is 11.5. The van der Waals surface area contributed by atoms with Crippen LogP contribution in [0.2, 0.25) is 0 Å². The van der Waals surface area contributed by atoms with Crippen molar-refractivity contribution >= 4 is 5.91 Å². The molecule has 1 N–H and O–H groups in total. The number of nitrogens with zero attached hydrogens (tertiary/aromatic N) is 1. The van der Waals surface area contributed by atoms with Crippen LogP contribution < -0.4 is 5.32 Å². The Hall–Kier alpha value is -1.42. The van der Waals surface area contributed by atoms with Crippen molar-refractivity contribution in [3.05, 3.63) is 35.6 Å². The molecule has 2 atom stereocenters. The van der Waals surface area contributed by atoms with Crippen LogP contribution in [0.1, 0.15) is 31.2 Å². The third kappa shape index (κ3) is 3.53. The number of carbonyl (C=O) groups excluding carboxylic acids is 1. The van der Waals surface area contributed by atoms with E-state index in [1.807, 2.05) is 12.1 Å². The van der Waals surface area contributed by atoms with Crippen molar-refractivity contribution in [1.29, 1.82) is 0 Å². The van der Waals surface area contributed by atoms with Crippen molar-refractivity contribution in [2.45, 2.75) is 31.7 Å². The van der Waals surface area contributed by atoms with E-state index in [1.54, 1.807) is 7.05 Å². The van der Waals surface area contributed by atoms with Crippen molar-refractivity contribution in [1.82, 2.24) is 10.2 Å². The molecule has 0 bridgehead atoms. The van der Waals surface area contributed by atoms with E-state index in [1.165, 1.54) is 17.7 Å². The molecule has 1 fully saturated rings. The second-order valence-corrected chi connectivity index (χ2v) is 5.25. The van der Waals surface area contributed by atoms with E-state index in [0.717, 1.165) is 19.5 Å². The van der Waals surface area contributed by atoms with E-state index >= 15 is 0 Å². The summed E-state index contributed by atoms with van der Waals surface area (Å²) in [6.07, 6.45) is 1.61. The van der Waals surface area contributed by atoms with Crippen LogP contribution in [0.25, 0.3) is 0 Å². The van der Waals surface area contributed by atoms with Gasteiger partial charge in [0.1, 0.15) is 5.82 Å². The average molecular weight is 264 g/mol. The number of hydrogen-bond donors (Lipinski definition) is 1. The lowest BCUT2D eigenvalue weighted by atomic mass is 9.97. The third-order valence-electron chi connectivity index (χ3n) is 3.95. The molecule has 0 spiro atoms. The maximum absolute atomic E-state index is 12.9. The number of benzene rings is 1. The van der Waals surface area contributed by atoms with E-state index in [2.05, 4.69) is 17.1 Å². The minimum absolute atomic E-state index is 0.0810. The first kappa shape index (κ1) is 14.0. The highest BCUT2D eigenvalue weighted by Crippen LogP contribution is 2.31. The first-order valence-electron chi connectivity index (χ1n) is 6.80. The van der Waals surface area contributed by atoms with Crippen LogP contribution in [0.4, 0.5) is 4.39 Å². The van der Waals surface area contributed by atoms with Gasteiger partial charge in [0, 0.05) is 32.6 Å². The van der Waals surface area contributed by atoms with Gasteiger partial charge in [-0.05, 0) is 37.0 Å². The maximum atomic E-state index is 12.9. The smallest absolute Gasteiger partial charge is 0.221 e. The minimum atomic E-state index is -0.189. The molecule has 0 aliphatic carbocycles. The molecule has 1 heterocycles. The van der Waals surface area contributed by atoms with E-state index in [9.17, 15) is 9.18 Å². The molecule has 1 saturated heterocycles. The quantitative estimate of drug-likeness (QED) is 0.903. The predicted molar refractivity (Wildman–Crippen MR) is 73.5 cm³/mol. The molecule has 1 aromatic carbocycles. The fourth-order valence-electron chi connectivity index (χ4n) is 2.76. The Morgan fingerprint density at radius 2 is 2.11 bits per heavy atom. The average Bonchev–Trinajstić information content (AvgIpc) is 2.78. The monoisotopic (exact) mass is 264 g/mol. The molecule has 3 nitrogen and oxygen atoms in total. The highest BCUT2D eigenvalue weighted by atomic mass is 19.1. The second kappa shape index (κ2) is 6.15. The first-order valence-corrected chi connectivity index (χ1v) is 6.80. The highest BCUT2D eigenvalue weighted by Gasteiger charge is 2.29. The van der Waals surface area contributed by atoms with Crippen molar-refractivity contribution in [3.8, 4) is 0 Å². The Balaban J connectivity index is 1.93. The summed E-state index contributed by atoms with van der Waals surface area (Å²) in [4.78, 5) is 13.6. The Bertz CT molecular complexity index is 432. The number of likely N-dealkylation sites (tertiary alicyclic amines) is 1. The Morgan fingerprint density at radius 1 is 1.42 bits per heavy atom. The fourth-order valence-corrected chi connectivity index (χ4v) is 2.76. The minimum Gasteiger partial charge on any atom is -0.359 e. The number of halogens is 1. The van der Waals surface area contributed by atoms with Gasteiger partial charge < -0.3 is 5.32 Å². The molecule has 19 heavy (non-hydrogen) atoms. The summed E-state index contributed by atoms with van der Waals surface area (Å²) >= 11 is 0. The Morgan fingerprint density at radius 3 is 2.74 bits per heavy atom. The van der Waals surface area contributed by atoms with Gasteiger partial charge in [0.15, 0.2) is 0 Å². The van der Waals surface area contributed by atoms with Gasteiger partial charge >= 0.3 is 0 Å². The molecule has 2 rings (SSSR count). The van der Waals surface area contributed by atoms with Crippen LogP contribution in [0.3, 0.4) is 0 Å². The summed E-state index contributed by atoms with van der Waals surface area (Å²) < 4.78 is 12.9. The van der Waals surface area contributed by atoms with Gasteiger partial charge in [-0.1, -0.05) is 12.1 Å². The molecule has 1 amide bonds. The van der Waals surface area contributed by atoms with Gasteiger partial charge in [0.2, 0.25) is 5.91 Å². The zero-order chi connectivity index (χ0) is 13.8. The highest BCUT2D eigenvalue weighted by molar-refractivity contribution is 5.75. The zero-order valence-corrected chi connectivity index (χ0v) is 11.5. The SMILES string of the molecule is CNC(=O)CCN1CC(c2ccc(F)cc2)CC1C. The normalized spacial score (nSPS) is 23.5. The number of nitrogens with one attached hydrogen (secondary N) is 1. The molecule has 0 aromatic heterocycles. The van der Waals surface area contributed by atoms with Gasteiger partial charge in [-0.3, -0.25) is 9.69 Å². The molecular weight excluding hydrogens is 243 g/mol. The summed E-state index contributed by atoms with van der Waals surface area (Å²) in [6.45, 7) is 3.93. The standard InChI is InChI=1S/C15H21FN2O/c1-11-9-13(12-3-5-14(16)6-4-12)10-18(11)8-7-15(19)17-2/h3-6,11,13H,7-10H2,1-2H3,(H,17,19). The largest absolute Gasteiger partial charge is 0.359 e. The van der Waals surface area contributed by atoms with Gasteiger partial charge in [0.05, 0.1) is 0 Å². The molecule has 1 aliphatic heterocycles. The lowest BCUT2D eigenvalue weighted by molar-refractivity contribution is -0.120. The van der Waals surface area contributed by atoms with E-state index in [-0.39, 0.29) is 11.7 Å². The third-order valence-corrected chi connectivity index (χ3v) is 3.95. The number of carbonyl (C=O) groups is 1. The maximum Gasteiger partial charge on any atom is 0.221 e. The van der Waals surface area contributed by atoms with Crippen molar-refractivity contribution in [2.75, 3.05) is 20.1 Å². The second-order valence-electron chi connectivity index (χ2n) is 5.25. The summed E-state index contributed by atoms with van der Waals surface area (Å²) in [7, 11) is 1.66. The van der Waals surface area contributed by atoms with Gasteiger partial charge in [0.25, 0.3) is 0 Å². The molecule has 1 aromatic rings. The molecule has 104 valence electrons. The molecular formula is C15H21FN2O. The Kier molecular flexibility index (Phi) is 4.53. The first-order chi connectivity index (χ1) is 9.10. The van der Waals surface area contributed by atoms with Crippen molar-refractivity contribution in [2.24, 2.45) is 0 Å². The molecule has 0 radical (unpaired) electrons. The number of hydrogen-bond acceptors (Lipinski definition) is 2.